The maximum atomic E-state index is 14.5. The Labute approximate surface area is 219 Å². The first-order valence-electron chi connectivity index (χ1n) is 12.4. The van der Waals surface area contributed by atoms with Crippen LogP contribution in [0.3, 0.4) is 0 Å². The highest BCUT2D eigenvalue weighted by atomic mass is 19.1. The van der Waals surface area contributed by atoms with Crippen LogP contribution in [0.15, 0.2) is 91.5 Å². The van der Waals surface area contributed by atoms with Crippen molar-refractivity contribution in [2.75, 3.05) is 23.3 Å². The maximum absolute atomic E-state index is 14.5. The Bertz CT molecular complexity index is 1610. The van der Waals surface area contributed by atoms with Crippen LogP contribution >= 0.6 is 0 Å². The van der Waals surface area contributed by atoms with Crippen molar-refractivity contribution in [2.24, 2.45) is 0 Å². The molecular formula is C29H25FN8. The summed E-state index contributed by atoms with van der Waals surface area (Å²) in [6.45, 7) is 3.58. The molecule has 2 aromatic carbocycles. The van der Waals surface area contributed by atoms with E-state index in [4.69, 9.17) is 0 Å². The molecule has 0 fully saturated rings. The first-order valence-corrected chi connectivity index (χ1v) is 12.4. The molecule has 8 nitrogen and oxygen atoms in total. The summed E-state index contributed by atoms with van der Waals surface area (Å²) in [7, 11) is 0. The smallest absolute Gasteiger partial charge is 0.227 e. The van der Waals surface area contributed by atoms with Crippen molar-refractivity contribution in [3.05, 3.63) is 103 Å². The molecule has 6 rings (SSSR count). The number of hydrogen-bond donors (Lipinski definition) is 1. The van der Waals surface area contributed by atoms with Crippen LogP contribution in [0.4, 0.5) is 21.7 Å². The number of hydrogen-bond acceptors (Lipinski definition) is 7. The summed E-state index contributed by atoms with van der Waals surface area (Å²) in [5.74, 6) is 0.782. The minimum Gasteiger partial charge on any atom is -0.367 e. The van der Waals surface area contributed by atoms with Crippen LogP contribution in [0.1, 0.15) is 12.1 Å². The number of nitrogens with one attached hydrogen (secondary N) is 1. The van der Waals surface area contributed by atoms with Crippen LogP contribution in [-0.4, -0.2) is 42.8 Å². The molecule has 0 aliphatic carbocycles. The molecule has 0 saturated heterocycles. The second-order valence-electron chi connectivity index (χ2n) is 9.04. The van der Waals surface area contributed by atoms with Gasteiger partial charge in [-0.05, 0) is 74.0 Å². The second-order valence-corrected chi connectivity index (χ2v) is 9.04. The minimum absolute atomic E-state index is 0.286. The lowest BCUT2D eigenvalue weighted by molar-refractivity contribution is 0.627. The standard InChI is InChI=1S/C29H25FN8/c1-20-15-21(9-11-31-20)28-33-19-38(36-28)25-7-5-24(6-8-25)34-29-32-12-10-27(35-29)22-16-23(30)18-26(17-22)37-13-3-2-4-14-37/h2-3,5-12,15-19H,4,13-14H2,1H3,(H,32,34,35). The number of benzene rings is 2. The number of aryl methyl sites for hydroxylation is 1. The lowest BCUT2D eigenvalue weighted by atomic mass is 10.1. The first-order chi connectivity index (χ1) is 18.6. The number of anilines is 3. The van der Waals surface area contributed by atoms with Crippen molar-refractivity contribution in [3.8, 4) is 28.3 Å². The first kappa shape index (κ1) is 23.5. The number of halogens is 1. The Hall–Kier alpha value is -4.92. The van der Waals surface area contributed by atoms with Gasteiger partial charge in [-0.1, -0.05) is 12.2 Å². The summed E-state index contributed by atoms with van der Waals surface area (Å²) in [5.41, 5.74) is 5.73. The van der Waals surface area contributed by atoms with Gasteiger partial charge in [0.05, 0.1) is 11.4 Å². The van der Waals surface area contributed by atoms with Gasteiger partial charge in [0.25, 0.3) is 0 Å². The quantitative estimate of drug-likeness (QED) is 0.295. The fourth-order valence-electron chi connectivity index (χ4n) is 4.39. The zero-order valence-electron chi connectivity index (χ0n) is 20.8. The molecule has 9 heteroatoms. The third-order valence-corrected chi connectivity index (χ3v) is 6.29. The molecule has 0 unspecified atom stereocenters. The molecule has 0 saturated carbocycles. The van der Waals surface area contributed by atoms with Gasteiger partial charge in [-0.2, -0.15) is 0 Å². The molecule has 1 aliphatic heterocycles. The van der Waals surface area contributed by atoms with Gasteiger partial charge >= 0.3 is 0 Å². The van der Waals surface area contributed by atoms with E-state index < -0.39 is 0 Å². The van der Waals surface area contributed by atoms with Gasteiger partial charge < -0.3 is 10.2 Å². The summed E-state index contributed by atoms with van der Waals surface area (Å²) in [6.07, 6.45) is 10.3. The van der Waals surface area contributed by atoms with E-state index in [1.807, 2.05) is 49.4 Å². The van der Waals surface area contributed by atoms with E-state index >= 15 is 0 Å². The minimum atomic E-state index is -0.286. The molecule has 0 spiro atoms. The maximum Gasteiger partial charge on any atom is 0.227 e. The van der Waals surface area contributed by atoms with Crippen LogP contribution in [0, 0.1) is 12.7 Å². The Balaban J connectivity index is 1.19. The van der Waals surface area contributed by atoms with E-state index in [2.05, 4.69) is 47.4 Å². The second kappa shape index (κ2) is 10.2. The number of nitrogens with zero attached hydrogens (tertiary/aromatic N) is 7. The van der Waals surface area contributed by atoms with E-state index in [0.29, 0.717) is 23.0 Å². The van der Waals surface area contributed by atoms with E-state index in [9.17, 15) is 4.39 Å². The monoisotopic (exact) mass is 504 g/mol. The Morgan fingerprint density at radius 1 is 0.842 bits per heavy atom. The van der Waals surface area contributed by atoms with Crippen molar-refractivity contribution in [1.82, 2.24) is 29.7 Å². The van der Waals surface area contributed by atoms with Crippen molar-refractivity contribution < 1.29 is 4.39 Å². The molecule has 1 aliphatic rings. The van der Waals surface area contributed by atoms with Gasteiger partial charge in [0.2, 0.25) is 5.95 Å². The van der Waals surface area contributed by atoms with Gasteiger partial charge in [0, 0.05) is 53.7 Å². The molecule has 1 N–H and O–H groups in total. The molecular weight excluding hydrogens is 479 g/mol. The number of aromatic nitrogens is 6. The predicted octanol–water partition coefficient (Wildman–Crippen LogP) is 5.74. The third kappa shape index (κ3) is 5.12. The Kier molecular flexibility index (Phi) is 6.31. The summed E-state index contributed by atoms with van der Waals surface area (Å²) in [5, 5.41) is 7.83. The molecule has 5 aromatic rings. The van der Waals surface area contributed by atoms with E-state index in [0.717, 1.165) is 47.8 Å². The SMILES string of the molecule is Cc1cc(-c2ncn(-c3ccc(Nc4nccc(-c5cc(F)cc(N6CC=CCC6)c5)n4)cc3)n2)ccn1. The van der Waals surface area contributed by atoms with Crippen molar-refractivity contribution in [2.45, 2.75) is 13.3 Å². The lowest BCUT2D eigenvalue weighted by Crippen LogP contribution is -2.26. The molecule has 0 radical (unpaired) electrons. The van der Waals surface area contributed by atoms with Crippen LogP contribution in [0.5, 0.6) is 0 Å². The summed E-state index contributed by atoms with van der Waals surface area (Å²) < 4.78 is 16.2. The van der Waals surface area contributed by atoms with Gasteiger partial charge in [0.15, 0.2) is 5.82 Å². The zero-order chi connectivity index (χ0) is 25.9. The summed E-state index contributed by atoms with van der Waals surface area (Å²) in [4.78, 5) is 19.8. The van der Waals surface area contributed by atoms with Gasteiger partial charge in [-0.15, -0.1) is 5.10 Å². The molecule has 3 aromatic heterocycles. The Morgan fingerprint density at radius 2 is 1.71 bits per heavy atom. The fourth-order valence-corrected chi connectivity index (χ4v) is 4.39. The molecule has 188 valence electrons. The average Bonchev–Trinajstić information content (AvgIpc) is 3.44. The number of pyridine rings is 1. The highest BCUT2D eigenvalue weighted by Gasteiger charge is 2.12. The highest BCUT2D eigenvalue weighted by Crippen LogP contribution is 2.27. The van der Waals surface area contributed by atoms with Gasteiger partial charge in [-0.25, -0.2) is 24.0 Å². The van der Waals surface area contributed by atoms with Crippen LogP contribution in [0.2, 0.25) is 0 Å². The summed E-state index contributed by atoms with van der Waals surface area (Å²) in [6, 6.07) is 18.4. The van der Waals surface area contributed by atoms with Crippen LogP contribution in [-0.2, 0) is 0 Å². The topological polar surface area (TPSA) is 84.7 Å². The molecule has 4 heterocycles. The number of rotatable bonds is 6. The molecule has 0 atom stereocenters. The van der Waals surface area contributed by atoms with Crippen molar-refractivity contribution >= 4 is 17.3 Å². The van der Waals surface area contributed by atoms with Crippen molar-refractivity contribution in [3.63, 3.8) is 0 Å². The van der Waals surface area contributed by atoms with E-state index in [1.165, 1.54) is 6.07 Å². The Morgan fingerprint density at radius 3 is 2.53 bits per heavy atom. The normalized spacial score (nSPS) is 13.1. The molecule has 0 amide bonds. The van der Waals surface area contributed by atoms with Crippen LogP contribution in [0.25, 0.3) is 28.3 Å². The highest BCUT2D eigenvalue weighted by molar-refractivity contribution is 5.68. The van der Waals surface area contributed by atoms with Gasteiger partial charge in [-0.3, -0.25) is 4.98 Å². The zero-order valence-corrected chi connectivity index (χ0v) is 20.8. The predicted molar refractivity (Wildman–Crippen MR) is 146 cm³/mol. The molecule has 38 heavy (non-hydrogen) atoms. The average molecular weight is 505 g/mol. The van der Waals surface area contributed by atoms with Crippen LogP contribution < -0.4 is 10.2 Å². The van der Waals surface area contributed by atoms with Crippen molar-refractivity contribution in [1.29, 1.82) is 0 Å². The van der Waals surface area contributed by atoms with Gasteiger partial charge in [0.1, 0.15) is 12.1 Å². The van der Waals surface area contributed by atoms with E-state index in [-0.39, 0.29) is 5.82 Å². The third-order valence-electron chi connectivity index (χ3n) is 6.29. The molecule has 0 bridgehead atoms. The van der Waals surface area contributed by atoms with E-state index in [1.54, 1.807) is 35.5 Å². The largest absolute Gasteiger partial charge is 0.367 e. The summed E-state index contributed by atoms with van der Waals surface area (Å²) >= 11 is 0. The fraction of sp³-hybridized carbons (Fsp3) is 0.138. The lowest BCUT2D eigenvalue weighted by Gasteiger charge is -2.26.